The molecule has 0 aromatic heterocycles. The lowest BCUT2D eigenvalue weighted by molar-refractivity contribution is -0.384. The van der Waals surface area contributed by atoms with Crippen molar-refractivity contribution in [3.63, 3.8) is 0 Å². The fraction of sp³-hybridized carbons (Fsp3) is 0.143. The third-order valence-electron chi connectivity index (χ3n) is 2.85. The minimum atomic E-state index is -0.428. The molecule has 0 atom stereocenters. The van der Waals surface area contributed by atoms with Crippen LogP contribution in [0.15, 0.2) is 46.9 Å². The highest BCUT2D eigenvalue weighted by atomic mass is 79.9. The van der Waals surface area contributed by atoms with E-state index >= 15 is 0 Å². The Labute approximate surface area is 124 Å². The van der Waals surface area contributed by atoms with Gasteiger partial charge in [0.1, 0.15) is 11.5 Å². The van der Waals surface area contributed by atoms with Crippen LogP contribution in [0.1, 0.15) is 5.56 Å². The van der Waals surface area contributed by atoms with Crippen molar-refractivity contribution in [2.24, 2.45) is 0 Å². The molecule has 0 amide bonds. The van der Waals surface area contributed by atoms with E-state index in [1.807, 2.05) is 0 Å². The van der Waals surface area contributed by atoms with Crippen LogP contribution in [-0.4, -0.2) is 12.0 Å². The van der Waals surface area contributed by atoms with Gasteiger partial charge < -0.3 is 4.90 Å². The summed E-state index contributed by atoms with van der Waals surface area (Å²) >= 11 is 3.22. The van der Waals surface area contributed by atoms with Crippen LogP contribution in [0, 0.1) is 15.9 Å². The summed E-state index contributed by atoms with van der Waals surface area (Å²) in [6, 6.07) is 11.1. The molecule has 2 aromatic rings. The highest BCUT2D eigenvalue weighted by molar-refractivity contribution is 9.10. The maximum Gasteiger partial charge on any atom is 0.293 e. The molecule has 2 aromatic carbocycles. The van der Waals surface area contributed by atoms with Gasteiger partial charge in [0.15, 0.2) is 0 Å². The first kappa shape index (κ1) is 14.5. The monoisotopic (exact) mass is 338 g/mol. The molecule has 20 heavy (non-hydrogen) atoms. The zero-order chi connectivity index (χ0) is 14.7. The molecule has 0 spiro atoms. The van der Waals surface area contributed by atoms with Gasteiger partial charge in [-0.2, -0.15) is 0 Å². The van der Waals surface area contributed by atoms with Gasteiger partial charge in [-0.05, 0) is 29.8 Å². The van der Waals surface area contributed by atoms with Gasteiger partial charge in [0.05, 0.1) is 4.92 Å². The second kappa shape index (κ2) is 6.00. The Balaban J connectivity index is 2.29. The third kappa shape index (κ3) is 3.33. The van der Waals surface area contributed by atoms with Gasteiger partial charge in [-0.15, -0.1) is 0 Å². The molecule has 0 saturated carbocycles. The summed E-state index contributed by atoms with van der Waals surface area (Å²) in [5.41, 5.74) is 1.26. The highest BCUT2D eigenvalue weighted by Crippen LogP contribution is 2.31. The molecule has 4 nitrogen and oxygen atoms in total. The van der Waals surface area contributed by atoms with Crippen LogP contribution in [0.25, 0.3) is 0 Å². The summed E-state index contributed by atoms with van der Waals surface area (Å²) < 4.78 is 13.8. The normalized spacial score (nSPS) is 10.3. The van der Waals surface area contributed by atoms with Crippen molar-refractivity contribution < 1.29 is 9.31 Å². The van der Waals surface area contributed by atoms with E-state index in [1.165, 1.54) is 18.2 Å². The first-order valence-electron chi connectivity index (χ1n) is 5.87. The average Bonchev–Trinajstić information content (AvgIpc) is 2.38. The number of hydrogen-bond acceptors (Lipinski definition) is 3. The van der Waals surface area contributed by atoms with Crippen molar-refractivity contribution in [3.8, 4) is 0 Å². The van der Waals surface area contributed by atoms with E-state index in [2.05, 4.69) is 15.9 Å². The quantitative estimate of drug-likeness (QED) is 0.621. The standard InChI is InChI=1S/C14H12BrFN2O2/c1-17(9-10-3-2-4-12(16)7-10)13-6-5-11(15)8-14(13)18(19)20/h2-8H,9H2,1H3. The van der Waals surface area contributed by atoms with E-state index in [4.69, 9.17) is 0 Å². The second-order valence-electron chi connectivity index (χ2n) is 4.38. The van der Waals surface area contributed by atoms with Crippen LogP contribution in [0.5, 0.6) is 0 Å². The summed E-state index contributed by atoms with van der Waals surface area (Å²) in [4.78, 5) is 12.4. The highest BCUT2D eigenvalue weighted by Gasteiger charge is 2.17. The zero-order valence-corrected chi connectivity index (χ0v) is 12.3. The van der Waals surface area contributed by atoms with Crippen LogP contribution < -0.4 is 4.90 Å². The fourth-order valence-corrected chi connectivity index (χ4v) is 2.31. The minimum Gasteiger partial charge on any atom is -0.365 e. The van der Waals surface area contributed by atoms with Crippen LogP contribution in [0.4, 0.5) is 15.8 Å². The molecule has 0 bridgehead atoms. The SMILES string of the molecule is CN(Cc1cccc(F)c1)c1ccc(Br)cc1[N+](=O)[O-]. The topological polar surface area (TPSA) is 46.4 Å². The van der Waals surface area contributed by atoms with Gasteiger partial charge >= 0.3 is 0 Å². The molecule has 0 heterocycles. The fourth-order valence-electron chi connectivity index (χ4n) is 1.96. The first-order chi connectivity index (χ1) is 9.47. The van der Waals surface area contributed by atoms with E-state index in [9.17, 15) is 14.5 Å². The van der Waals surface area contributed by atoms with Gasteiger partial charge in [-0.1, -0.05) is 28.1 Å². The van der Waals surface area contributed by atoms with Gasteiger partial charge in [-0.3, -0.25) is 10.1 Å². The van der Waals surface area contributed by atoms with Crippen molar-refractivity contribution in [3.05, 3.63) is 68.4 Å². The van der Waals surface area contributed by atoms with E-state index in [0.29, 0.717) is 16.7 Å². The first-order valence-corrected chi connectivity index (χ1v) is 6.66. The molecular weight excluding hydrogens is 327 g/mol. The van der Waals surface area contributed by atoms with Crippen LogP contribution in [0.3, 0.4) is 0 Å². The Morgan fingerprint density at radius 1 is 1.30 bits per heavy atom. The predicted octanol–water partition coefficient (Wildman–Crippen LogP) is 4.13. The lowest BCUT2D eigenvalue weighted by atomic mass is 10.2. The third-order valence-corrected chi connectivity index (χ3v) is 3.35. The maximum absolute atomic E-state index is 13.1. The molecule has 0 unspecified atom stereocenters. The average molecular weight is 339 g/mol. The molecule has 0 radical (unpaired) electrons. The number of hydrogen-bond donors (Lipinski definition) is 0. The predicted molar refractivity (Wildman–Crippen MR) is 79.3 cm³/mol. The van der Waals surface area contributed by atoms with Crippen LogP contribution >= 0.6 is 15.9 Å². The smallest absolute Gasteiger partial charge is 0.293 e. The molecule has 0 saturated heterocycles. The van der Waals surface area contributed by atoms with E-state index < -0.39 is 4.92 Å². The zero-order valence-electron chi connectivity index (χ0n) is 10.7. The molecule has 0 aliphatic rings. The van der Waals surface area contributed by atoms with Crippen molar-refractivity contribution >= 4 is 27.3 Å². The summed E-state index contributed by atoms with van der Waals surface area (Å²) in [5, 5.41) is 11.1. The Morgan fingerprint density at radius 2 is 2.05 bits per heavy atom. The minimum absolute atomic E-state index is 0.0123. The van der Waals surface area contributed by atoms with Gasteiger partial charge in [0, 0.05) is 24.1 Å². The van der Waals surface area contributed by atoms with E-state index in [0.717, 1.165) is 5.56 Å². The van der Waals surface area contributed by atoms with E-state index in [-0.39, 0.29) is 11.5 Å². The van der Waals surface area contributed by atoms with Gasteiger partial charge in [0.2, 0.25) is 0 Å². The Bertz CT molecular complexity index is 649. The Kier molecular flexibility index (Phi) is 4.34. The van der Waals surface area contributed by atoms with Crippen molar-refractivity contribution in [2.45, 2.75) is 6.54 Å². The molecule has 0 fully saturated rings. The number of nitrogens with zero attached hydrogens (tertiary/aromatic N) is 2. The van der Waals surface area contributed by atoms with Crippen LogP contribution in [0.2, 0.25) is 0 Å². The molecular formula is C14H12BrFN2O2. The molecule has 2 rings (SSSR count). The summed E-state index contributed by atoms with van der Waals surface area (Å²) in [6.45, 7) is 0.389. The number of halogens is 2. The number of benzene rings is 2. The second-order valence-corrected chi connectivity index (χ2v) is 5.29. The molecule has 6 heteroatoms. The van der Waals surface area contributed by atoms with E-state index in [1.54, 1.807) is 36.2 Å². The summed E-state index contributed by atoms with van der Waals surface area (Å²) in [5.74, 6) is -0.318. The number of anilines is 1. The molecule has 0 N–H and O–H groups in total. The lowest BCUT2D eigenvalue weighted by Crippen LogP contribution is -2.17. The summed E-state index contributed by atoms with van der Waals surface area (Å²) in [6.07, 6.45) is 0. The van der Waals surface area contributed by atoms with Crippen molar-refractivity contribution in [1.29, 1.82) is 0 Å². The number of nitro groups is 1. The van der Waals surface area contributed by atoms with Crippen LogP contribution in [-0.2, 0) is 6.54 Å². The van der Waals surface area contributed by atoms with Gasteiger partial charge in [0.25, 0.3) is 5.69 Å². The Hall–Kier alpha value is -1.95. The van der Waals surface area contributed by atoms with Crippen molar-refractivity contribution in [2.75, 3.05) is 11.9 Å². The maximum atomic E-state index is 13.1. The molecule has 0 aliphatic heterocycles. The Morgan fingerprint density at radius 3 is 2.70 bits per heavy atom. The molecule has 0 aliphatic carbocycles. The van der Waals surface area contributed by atoms with Crippen molar-refractivity contribution in [1.82, 2.24) is 0 Å². The summed E-state index contributed by atoms with van der Waals surface area (Å²) in [7, 11) is 1.74. The largest absolute Gasteiger partial charge is 0.365 e. The number of rotatable bonds is 4. The lowest BCUT2D eigenvalue weighted by Gasteiger charge is -2.19. The number of nitro benzene ring substituents is 1. The van der Waals surface area contributed by atoms with Gasteiger partial charge in [-0.25, -0.2) is 4.39 Å². The molecule has 104 valence electrons.